The Balaban J connectivity index is 1.37. The number of nitrogens with zero attached hydrogens (tertiary/aromatic N) is 6. The van der Waals surface area contributed by atoms with Crippen LogP contribution in [0.25, 0.3) is 22.0 Å². The third kappa shape index (κ3) is 9.47. The molecule has 2 fully saturated rings. The summed E-state index contributed by atoms with van der Waals surface area (Å²) in [6.07, 6.45) is -10.9. The van der Waals surface area contributed by atoms with E-state index in [9.17, 15) is 71.4 Å². The molecule has 2 saturated carbocycles. The number of carbonyl (C=O) groups is 3. The van der Waals surface area contributed by atoms with Crippen LogP contribution in [-0.4, -0.2) is 87.7 Å². The van der Waals surface area contributed by atoms with Crippen LogP contribution in [0.2, 0.25) is 5.02 Å². The Morgan fingerprint density at radius 1 is 0.944 bits per heavy atom. The molecule has 3 aromatic heterocycles. The van der Waals surface area contributed by atoms with Crippen LogP contribution < -0.4 is 9.62 Å². The highest BCUT2D eigenvalue weighted by Gasteiger charge is 2.68. The SMILES string of the molecule is CC(C)(C#Cc1ccc(-c2ccc(Cl)c3c(N(C(=O)C4(C(=O)O)CC4)S(C)(=O)=O)nn(CC(F)(F)F)c23)c(C(Cc2cc(F)cc(F)c2)NC(=O)Cn2nc(C(F)(F)F)c3c2C(F)(F)[C@@H]2C[C@H]32)n1)S(C)(=O)=O. The minimum Gasteiger partial charge on any atom is -0.480 e. The molecular formula is C44H36ClF10N7O8S2. The van der Waals surface area contributed by atoms with E-state index in [0.717, 1.165) is 42.7 Å². The van der Waals surface area contributed by atoms with Crippen LogP contribution in [0, 0.1) is 34.8 Å². The third-order valence-corrected chi connectivity index (χ3v) is 15.9. The van der Waals surface area contributed by atoms with Crippen molar-refractivity contribution in [1.82, 2.24) is 29.9 Å². The summed E-state index contributed by atoms with van der Waals surface area (Å²) in [5.74, 6) is -9.62. The Morgan fingerprint density at radius 3 is 2.12 bits per heavy atom. The topological polar surface area (TPSA) is 204 Å². The first-order valence-electron chi connectivity index (χ1n) is 21.1. The number of carboxylic acid groups (broad SMARTS) is 1. The van der Waals surface area contributed by atoms with Gasteiger partial charge in [0.05, 0.1) is 33.9 Å². The lowest BCUT2D eigenvalue weighted by Crippen LogP contribution is -2.44. The van der Waals surface area contributed by atoms with Crippen molar-refractivity contribution in [3.05, 3.63) is 93.0 Å². The number of pyridine rings is 1. The van der Waals surface area contributed by atoms with E-state index in [1.807, 2.05) is 0 Å². The zero-order valence-electron chi connectivity index (χ0n) is 37.5. The van der Waals surface area contributed by atoms with Crippen molar-refractivity contribution in [2.45, 2.75) is 87.6 Å². The predicted molar refractivity (Wildman–Crippen MR) is 234 cm³/mol. The monoisotopic (exact) mass is 1080 g/mol. The van der Waals surface area contributed by atoms with Gasteiger partial charge in [-0.1, -0.05) is 23.6 Å². The zero-order chi connectivity index (χ0) is 53.2. The minimum absolute atomic E-state index is 0.0921. The van der Waals surface area contributed by atoms with Crippen LogP contribution in [0.15, 0.2) is 42.5 Å². The molecule has 384 valence electrons. The van der Waals surface area contributed by atoms with Gasteiger partial charge in [-0.2, -0.15) is 49.6 Å². The number of sulfonamides is 1. The molecule has 0 saturated heterocycles. The van der Waals surface area contributed by atoms with Gasteiger partial charge in [-0.3, -0.25) is 23.7 Å². The average Bonchev–Trinajstić information content (AvgIpc) is 4.13. The van der Waals surface area contributed by atoms with E-state index in [2.05, 4.69) is 32.3 Å². The van der Waals surface area contributed by atoms with Crippen LogP contribution >= 0.6 is 11.6 Å². The number of carboxylic acids is 1. The van der Waals surface area contributed by atoms with E-state index in [-0.39, 0.29) is 49.8 Å². The van der Waals surface area contributed by atoms with E-state index >= 15 is 8.78 Å². The standard InChI is InChI=1S/C44H36ClF10N7O8S2/c1-40(2,71(3,67)68)10-9-23-5-6-24(25-7-8-28(45)32-34(25)61(19-42(48,49)50)59-37(32)62(72(4,69)70)38(64)41(11-12-41)39(65)66)33(56-23)29(15-20-13-21(46)16-22(47)14-20)57-30(63)18-60-36-31(35(58-60)44(53,54)55)26-17-27(26)43(36,51)52/h5-8,13-14,16,26-27,29H,11-12,15,17-19H2,1-4H3,(H,57,63)(H,65,66)/t26-,27+,29?/m0/s1. The maximum Gasteiger partial charge on any atom is 0.435 e. The summed E-state index contributed by atoms with van der Waals surface area (Å²) in [7, 11) is -8.88. The van der Waals surface area contributed by atoms with E-state index < -0.39 is 165 Å². The van der Waals surface area contributed by atoms with Gasteiger partial charge in [0, 0.05) is 34.9 Å². The van der Waals surface area contributed by atoms with Gasteiger partial charge in [0.2, 0.25) is 15.9 Å². The summed E-state index contributed by atoms with van der Waals surface area (Å²) in [6, 6.07) is 4.52. The molecule has 2 aromatic carbocycles. The smallest absolute Gasteiger partial charge is 0.435 e. The molecular weight excluding hydrogens is 1040 g/mol. The largest absolute Gasteiger partial charge is 0.480 e. The Morgan fingerprint density at radius 2 is 1.57 bits per heavy atom. The molecule has 3 aliphatic carbocycles. The molecule has 0 radical (unpaired) electrons. The van der Waals surface area contributed by atoms with Crippen LogP contribution in [0.5, 0.6) is 0 Å². The average molecular weight is 1080 g/mol. The molecule has 3 aliphatic rings. The molecule has 0 aliphatic heterocycles. The maximum atomic E-state index is 15.6. The molecule has 1 unspecified atom stereocenters. The lowest BCUT2D eigenvalue weighted by atomic mass is 9.93. The highest BCUT2D eigenvalue weighted by molar-refractivity contribution is 7.93. The highest BCUT2D eigenvalue weighted by atomic mass is 35.5. The molecule has 2 N–H and O–H groups in total. The number of aromatic nitrogens is 5. The molecule has 0 bridgehead atoms. The number of benzene rings is 2. The van der Waals surface area contributed by atoms with Crippen LogP contribution in [0.1, 0.15) is 79.0 Å². The van der Waals surface area contributed by atoms with Crippen LogP contribution in [0.4, 0.5) is 49.7 Å². The summed E-state index contributed by atoms with van der Waals surface area (Å²) in [4.78, 5) is 44.8. The van der Waals surface area contributed by atoms with Crippen molar-refractivity contribution in [3.63, 3.8) is 0 Å². The fourth-order valence-electron chi connectivity index (χ4n) is 8.64. The van der Waals surface area contributed by atoms with Gasteiger partial charge in [-0.15, -0.1) is 0 Å². The van der Waals surface area contributed by atoms with Crippen molar-refractivity contribution in [2.24, 2.45) is 11.3 Å². The highest BCUT2D eigenvalue weighted by Crippen LogP contribution is 2.68. The Labute approximate surface area is 406 Å². The van der Waals surface area contributed by atoms with Gasteiger partial charge in [0.1, 0.15) is 46.3 Å². The lowest BCUT2D eigenvalue weighted by molar-refractivity contribution is -0.148. The quantitative estimate of drug-likeness (QED) is 0.0674. The molecule has 2 amide bonds. The van der Waals surface area contributed by atoms with E-state index in [1.165, 1.54) is 13.8 Å². The summed E-state index contributed by atoms with van der Waals surface area (Å²) in [5, 5.41) is 18.3. The molecule has 3 heterocycles. The number of alkyl halides is 8. The number of carbonyl (C=O) groups excluding carboxylic acids is 2. The number of aliphatic carboxylic acids is 1. The zero-order valence-corrected chi connectivity index (χ0v) is 39.9. The van der Waals surface area contributed by atoms with Gasteiger partial charge in [-0.25, -0.2) is 30.6 Å². The van der Waals surface area contributed by atoms with Crippen molar-refractivity contribution < 1.29 is 80.2 Å². The fourth-order valence-corrected chi connectivity index (χ4v) is 10.0. The maximum absolute atomic E-state index is 15.6. The summed E-state index contributed by atoms with van der Waals surface area (Å²) < 4.78 is 198. The van der Waals surface area contributed by atoms with Gasteiger partial charge in [0.25, 0.3) is 11.8 Å². The first-order valence-corrected chi connectivity index (χ1v) is 25.3. The number of amides is 2. The van der Waals surface area contributed by atoms with Gasteiger partial charge >= 0.3 is 18.3 Å². The van der Waals surface area contributed by atoms with Crippen LogP contribution in [0.3, 0.4) is 0 Å². The number of nitrogens with one attached hydrogen (secondary N) is 1. The van der Waals surface area contributed by atoms with Crippen molar-refractivity contribution in [2.75, 3.05) is 16.8 Å². The number of fused-ring (bicyclic) bond motifs is 4. The van der Waals surface area contributed by atoms with Crippen molar-refractivity contribution in [1.29, 1.82) is 0 Å². The number of rotatable bonds is 13. The number of anilines is 1. The first-order chi connectivity index (χ1) is 33.1. The molecule has 3 atom stereocenters. The van der Waals surface area contributed by atoms with Crippen molar-refractivity contribution >= 4 is 66.0 Å². The molecule has 5 aromatic rings. The van der Waals surface area contributed by atoms with Crippen LogP contribution in [-0.2, 0) is 65.9 Å². The molecule has 28 heteroatoms. The number of hydrogen-bond donors (Lipinski definition) is 2. The first kappa shape index (κ1) is 52.1. The summed E-state index contributed by atoms with van der Waals surface area (Å²) in [5.41, 5.74) is -8.52. The Bertz CT molecular complexity index is 3430. The van der Waals surface area contributed by atoms with Crippen molar-refractivity contribution in [3.8, 4) is 23.0 Å². The molecule has 0 spiro atoms. The van der Waals surface area contributed by atoms with E-state index in [4.69, 9.17) is 11.6 Å². The second kappa shape index (κ2) is 17.2. The number of sulfone groups is 1. The number of hydrogen-bond acceptors (Lipinski definition) is 10. The van der Waals surface area contributed by atoms with E-state index in [1.54, 1.807) is 0 Å². The van der Waals surface area contributed by atoms with Gasteiger partial charge < -0.3 is 10.4 Å². The normalized spacial score (nSPS) is 18.4. The third-order valence-electron chi connectivity index (χ3n) is 12.6. The molecule has 8 rings (SSSR count). The Kier molecular flexibility index (Phi) is 12.4. The number of halogens is 11. The molecule has 72 heavy (non-hydrogen) atoms. The second-order valence-electron chi connectivity index (χ2n) is 18.2. The van der Waals surface area contributed by atoms with Gasteiger partial charge in [0.15, 0.2) is 21.3 Å². The predicted octanol–water partition coefficient (Wildman–Crippen LogP) is 7.45. The lowest BCUT2D eigenvalue weighted by Gasteiger charge is -2.23. The summed E-state index contributed by atoms with van der Waals surface area (Å²) in [6.45, 7) is -0.918. The Hall–Kier alpha value is -6.27. The van der Waals surface area contributed by atoms with E-state index in [0.29, 0.717) is 12.3 Å². The second-order valence-corrected chi connectivity index (χ2v) is 23.0. The fraction of sp³-hybridized carbons (Fsp3) is 0.409. The summed E-state index contributed by atoms with van der Waals surface area (Å²) >= 11 is 6.60. The molecule has 15 nitrogen and oxygen atoms in total. The minimum atomic E-state index is -5.24. The van der Waals surface area contributed by atoms with Gasteiger partial charge in [-0.05, 0) is 87.3 Å².